The molecule has 0 fully saturated rings. The Morgan fingerprint density at radius 2 is 1.90 bits per heavy atom. The SMILES string of the molecule is CCCNC(=O)CN(C)C(=O)Nc1ccccc1C(=O)O. The van der Waals surface area contributed by atoms with Gasteiger partial charge in [0.05, 0.1) is 11.3 Å². The van der Waals surface area contributed by atoms with E-state index in [0.717, 1.165) is 6.42 Å². The molecule has 7 nitrogen and oxygen atoms in total. The standard InChI is InChI=1S/C14H19N3O4/c1-3-8-15-12(18)9-17(2)14(21)16-11-7-5-4-6-10(11)13(19)20/h4-7H,3,8-9H2,1-2H3,(H,15,18)(H,16,21)(H,19,20). The van der Waals surface area contributed by atoms with E-state index < -0.39 is 12.0 Å². The maximum atomic E-state index is 11.9. The molecule has 0 aliphatic carbocycles. The van der Waals surface area contributed by atoms with E-state index >= 15 is 0 Å². The van der Waals surface area contributed by atoms with E-state index in [1.807, 2.05) is 6.92 Å². The average molecular weight is 293 g/mol. The smallest absolute Gasteiger partial charge is 0.337 e. The van der Waals surface area contributed by atoms with Gasteiger partial charge in [-0.2, -0.15) is 0 Å². The summed E-state index contributed by atoms with van der Waals surface area (Å²) < 4.78 is 0. The lowest BCUT2D eigenvalue weighted by molar-refractivity contribution is -0.121. The van der Waals surface area contributed by atoms with Gasteiger partial charge in [-0.05, 0) is 18.6 Å². The number of hydrogen-bond acceptors (Lipinski definition) is 3. The van der Waals surface area contributed by atoms with E-state index in [2.05, 4.69) is 10.6 Å². The predicted molar refractivity (Wildman–Crippen MR) is 78.4 cm³/mol. The fraction of sp³-hybridized carbons (Fsp3) is 0.357. The van der Waals surface area contributed by atoms with E-state index in [1.54, 1.807) is 12.1 Å². The minimum atomic E-state index is -1.13. The monoisotopic (exact) mass is 293 g/mol. The number of carbonyl (C=O) groups is 3. The van der Waals surface area contributed by atoms with Gasteiger partial charge >= 0.3 is 12.0 Å². The van der Waals surface area contributed by atoms with Gasteiger partial charge in [0.2, 0.25) is 5.91 Å². The number of benzene rings is 1. The molecular weight excluding hydrogens is 274 g/mol. The van der Waals surface area contributed by atoms with Gasteiger partial charge < -0.3 is 20.6 Å². The Morgan fingerprint density at radius 1 is 1.24 bits per heavy atom. The zero-order valence-corrected chi connectivity index (χ0v) is 12.0. The molecular formula is C14H19N3O4. The third-order valence-corrected chi connectivity index (χ3v) is 2.70. The Morgan fingerprint density at radius 3 is 2.52 bits per heavy atom. The van der Waals surface area contributed by atoms with Crippen molar-refractivity contribution in [1.82, 2.24) is 10.2 Å². The number of nitrogens with one attached hydrogen (secondary N) is 2. The van der Waals surface area contributed by atoms with Gasteiger partial charge in [0.15, 0.2) is 0 Å². The molecule has 7 heteroatoms. The van der Waals surface area contributed by atoms with Crippen molar-refractivity contribution in [2.45, 2.75) is 13.3 Å². The van der Waals surface area contributed by atoms with Gasteiger partial charge in [0.25, 0.3) is 0 Å². The molecule has 1 aromatic carbocycles. The molecule has 0 spiro atoms. The van der Waals surface area contributed by atoms with Crippen molar-refractivity contribution in [3.8, 4) is 0 Å². The number of aromatic carboxylic acids is 1. The van der Waals surface area contributed by atoms with Gasteiger partial charge in [0.1, 0.15) is 6.54 Å². The third kappa shape index (κ3) is 5.13. The van der Waals surface area contributed by atoms with E-state index in [4.69, 9.17) is 5.11 Å². The van der Waals surface area contributed by atoms with Crippen molar-refractivity contribution >= 4 is 23.6 Å². The molecule has 0 aliphatic rings. The molecule has 0 radical (unpaired) electrons. The fourth-order valence-electron chi connectivity index (χ4n) is 1.60. The van der Waals surface area contributed by atoms with Crippen LogP contribution in [-0.2, 0) is 4.79 Å². The lowest BCUT2D eigenvalue weighted by Gasteiger charge is -2.18. The van der Waals surface area contributed by atoms with Crippen molar-refractivity contribution in [2.75, 3.05) is 25.5 Å². The lowest BCUT2D eigenvalue weighted by Crippen LogP contribution is -2.40. The van der Waals surface area contributed by atoms with Crippen LogP contribution in [0.3, 0.4) is 0 Å². The minimum Gasteiger partial charge on any atom is -0.478 e. The molecule has 114 valence electrons. The molecule has 0 saturated carbocycles. The van der Waals surface area contributed by atoms with Crippen LogP contribution >= 0.6 is 0 Å². The van der Waals surface area contributed by atoms with Gasteiger partial charge in [-0.25, -0.2) is 9.59 Å². The second-order valence-electron chi connectivity index (χ2n) is 4.49. The highest BCUT2D eigenvalue weighted by Crippen LogP contribution is 2.15. The van der Waals surface area contributed by atoms with Crippen LogP contribution in [-0.4, -0.2) is 48.1 Å². The van der Waals surface area contributed by atoms with E-state index in [-0.39, 0.29) is 23.7 Å². The number of carboxylic acid groups (broad SMARTS) is 1. The first-order chi connectivity index (χ1) is 9.95. The number of carboxylic acids is 1. The van der Waals surface area contributed by atoms with Crippen molar-refractivity contribution in [3.63, 3.8) is 0 Å². The minimum absolute atomic E-state index is 0.00492. The maximum absolute atomic E-state index is 11.9. The van der Waals surface area contributed by atoms with Gasteiger partial charge in [-0.1, -0.05) is 19.1 Å². The van der Waals surface area contributed by atoms with E-state index in [0.29, 0.717) is 6.54 Å². The molecule has 21 heavy (non-hydrogen) atoms. The first-order valence-corrected chi connectivity index (χ1v) is 6.56. The molecule has 1 rings (SSSR count). The summed E-state index contributed by atoms with van der Waals surface area (Å²) in [6, 6.07) is 5.53. The van der Waals surface area contributed by atoms with Gasteiger partial charge in [-0.3, -0.25) is 4.79 Å². The molecule has 0 aromatic heterocycles. The van der Waals surface area contributed by atoms with Crippen LogP contribution in [0.1, 0.15) is 23.7 Å². The van der Waals surface area contributed by atoms with Crippen molar-refractivity contribution < 1.29 is 19.5 Å². The fourth-order valence-corrected chi connectivity index (χ4v) is 1.60. The largest absolute Gasteiger partial charge is 0.478 e. The number of rotatable bonds is 6. The summed E-state index contributed by atoms with van der Waals surface area (Å²) in [5.41, 5.74) is 0.186. The quantitative estimate of drug-likeness (QED) is 0.737. The Hall–Kier alpha value is -2.57. The van der Waals surface area contributed by atoms with Crippen LogP contribution in [0.2, 0.25) is 0 Å². The number of amides is 3. The molecule has 1 aromatic rings. The van der Waals surface area contributed by atoms with Crippen molar-refractivity contribution in [3.05, 3.63) is 29.8 Å². The predicted octanol–water partition coefficient (Wildman–Crippen LogP) is 1.37. The Balaban J connectivity index is 2.64. The topological polar surface area (TPSA) is 98.7 Å². The van der Waals surface area contributed by atoms with Gasteiger partial charge in [0, 0.05) is 13.6 Å². The maximum Gasteiger partial charge on any atom is 0.337 e. The van der Waals surface area contributed by atoms with Crippen LogP contribution in [0.25, 0.3) is 0 Å². The Bertz CT molecular complexity index is 531. The van der Waals surface area contributed by atoms with Crippen LogP contribution in [0.4, 0.5) is 10.5 Å². The van der Waals surface area contributed by atoms with Crippen LogP contribution < -0.4 is 10.6 Å². The normalized spacial score (nSPS) is 9.81. The lowest BCUT2D eigenvalue weighted by atomic mass is 10.2. The van der Waals surface area contributed by atoms with Crippen LogP contribution in [0.15, 0.2) is 24.3 Å². The molecule has 3 N–H and O–H groups in total. The summed E-state index contributed by atoms with van der Waals surface area (Å²) in [6.45, 7) is 2.39. The van der Waals surface area contributed by atoms with Crippen molar-refractivity contribution in [1.29, 1.82) is 0 Å². The zero-order valence-electron chi connectivity index (χ0n) is 12.0. The number of nitrogens with zero attached hydrogens (tertiary/aromatic N) is 1. The summed E-state index contributed by atoms with van der Waals surface area (Å²) in [5.74, 6) is -1.39. The highest BCUT2D eigenvalue weighted by atomic mass is 16.4. The first kappa shape index (κ1) is 16.5. The second-order valence-corrected chi connectivity index (χ2v) is 4.49. The number of likely N-dealkylation sites (N-methyl/N-ethyl adjacent to an activating group) is 1. The average Bonchev–Trinajstić information content (AvgIpc) is 2.45. The molecule has 0 atom stereocenters. The summed E-state index contributed by atoms with van der Waals surface area (Å²) in [7, 11) is 1.46. The highest BCUT2D eigenvalue weighted by molar-refractivity contribution is 6.00. The molecule has 0 aliphatic heterocycles. The van der Waals surface area contributed by atoms with E-state index in [1.165, 1.54) is 24.1 Å². The highest BCUT2D eigenvalue weighted by Gasteiger charge is 2.16. The summed E-state index contributed by atoms with van der Waals surface area (Å²) in [6.07, 6.45) is 0.813. The molecule has 0 heterocycles. The number of anilines is 1. The molecule has 0 bridgehead atoms. The molecule has 0 saturated heterocycles. The number of para-hydroxylation sites is 1. The van der Waals surface area contributed by atoms with Crippen LogP contribution in [0.5, 0.6) is 0 Å². The van der Waals surface area contributed by atoms with Crippen LogP contribution in [0, 0.1) is 0 Å². The summed E-state index contributed by atoms with van der Waals surface area (Å²) in [4.78, 5) is 35.7. The Kier molecular flexibility index (Phi) is 6.19. The second kappa shape index (κ2) is 7.88. The summed E-state index contributed by atoms with van der Waals surface area (Å²) >= 11 is 0. The molecule has 0 unspecified atom stereocenters. The van der Waals surface area contributed by atoms with Gasteiger partial charge in [-0.15, -0.1) is 0 Å². The Labute approximate surface area is 122 Å². The molecule has 3 amide bonds. The van der Waals surface area contributed by atoms with Crippen molar-refractivity contribution in [2.24, 2.45) is 0 Å². The van der Waals surface area contributed by atoms with E-state index in [9.17, 15) is 14.4 Å². The number of hydrogen-bond donors (Lipinski definition) is 3. The third-order valence-electron chi connectivity index (χ3n) is 2.70. The zero-order chi connectivity index (χ0) is 15.8. The number of urea groups is 1. The summed E-state index contributed by atoms with van der Waals surface area (Å²) in [5, 5.41) is 14.2. The number of carbonyl (C=O) groups excluding carboxylic acids is 2. The first-order valence-electron chi connectivity index (χ1n) is 6.56.